The van der Waals surface area contributed by atoms with Gasteiger partial charge in [0.25, 0.3) is 0 Å². The zero-order valence-corrected chi connectivity index (χ0v) is 53.8. The number of aromatic nitrogens is 6. The Morgan fingerprint density at radius 3 is 1.23 bits per heavy atom. The molecule has 414 valence electrons. The van der Waals surface area contributed by atoms with E-state index < -0.39 is 20.0 Å². The summed E-state index contributed by atoms with van der Waals surface area (Å²) in [6, 6.07) is 24.3. The van der Waals surface area contributed by atoms with Gasteiger partial charge in [0, 0.05) is 48.8 Å². The molecular formula is C62H70F2N6S8Si. The molecule has 0 saturated heterocycles. The van der Waals surface area contributed by atoms with E-state index in [1.54, 1.807) is 45.3 Å². The van der Waals surface area contributed by atoms with Crippen molar-refractivity contribution in [3.05, 3.63) is 82.3 Å². The van der Waals surface area contributed by atoms with E-state index in [1.807, 2.05) is 22.7 Å². The van der Waals surface area contributed by atoms with Crippen LogP contribution in [0.2, 0.25) is 12.1 Å². The fourth-order valence-electron chi connectivity index (χ4n) is 12.0. The number of unbranched alkanes of at least 4 members (excludes halogenated alkanes) is 8. The molecule has 17 heteroatoms. The minimum absolute atomic E-state index is 0.437. The van der Waals surface area contributed by atoms with Crippen molar-refractivity contribution in [3.8, 4) is 71.3 Å². The molecule has 0 saturated carbocycles. The number of rotatable bonds is 28. The highest BCUT2D eigenvalue weighted by atomic mass is 32.1. The SMILES string of the molecule is CCCCCCc1ccc(-c2ccc(-c3nc(F)c(-c4cc5c(s4)-c4sc(-c6c(F)nc(-c7ccc(-c8ccc(CCCCCC)s8)s7)c7nsnc67)cc4[Si]5(CC(CC)CCCC)CC(CC)CCCC)c4nsnc34)s2)s1. The predicted molar refractivity (Wildman–Crippen MR) is 346 cm³/mol. The highest BCUT2D eigenvalue weighted by Gasteiger charge is 2.50. The Bertz CT molecular complexity index is 3430. The number of thiophene rings is 6. The van der Waals surface area contributed by atoms with Gasteiger partial charge in [0.15, 0.2) is 0 Å². The zero-order valence-electron chi connectivity index (χ0n) is 46.3. The predicted octanol–water partition coefficient (Wildman–Crippen LogP) is 21.4. The Morgan fingerprint density at radius 1 is 0.418 bits per heavy atom. The van der Waals surface area contributed by atoms with Crippen molar-refractivity contribution in [2.24, 2.45) is 11.8 Å². The van der Waals surface area contributed by atoms with Gasteiger partial charge in [-0.2, -0.15) is 26.3 Å². The lowest BCUT2D eigenvalue weighted by molar-refractivity contribution is 0.469. The summed E-state index contributed by atoms with van der Waals surface area (Å²) >= 11 is 12.6. The van der Waals surface area contributed by atoms with Crippen LogP contribution in [0.5, 0.6) is 0 Å². The number of hydrogen-bond acceptors (Lipinski definition) is 14. The molecule has 11 rings (SSSR count). The van der Waals surface area contributed by atoms with Crippen molar-refractivity contribution < 1.29 is 8.78 Å². The van der Waals surface area contributed by atoms with E-state index in [0.29, 0.717) is 56.4 Å². The molecule has 6 nitrogen and oxygen atoms in total. The van der Waals surface area contributed by atoms with Gasteiger partial charge in [-0.25, -0.2) is 9.97 Å². The Hall–Kier alpha value is -3.78. The summed E-state index contributed by atoms with van der Waals surface area (Å²) in [6.45, 7) is 13.8. The molecule has 11 heterocycles. The second-order valence-electron chi connectivity index (χ2n) is 21.7. The third kappa shape index (κ3) is 11.7. The van der Waals surface area contributed by atoms with Crippen LogP contribution in [0.15, 0.2) is 60.7 Å². The molecule has 0 bridgehead atoms. The second-order valence-corrected chi connectivity index (χ2v) is 33.4. The monoisotopic (exact) mass is 1220 g/mol. The van der Waals surface area contributed by atoms with E-state index in [0.717, 1.165) is 103 Å². The van der Waals surface area contributed by atoms with E-state index in [-0.39, 0.29) is 0 Å². The molecule has 1 aliphatic heterocycles. The first kappa shape index (κ1) is 57.1. The molecule has 0 radical (unpaired) electrons. The van der Waals surface area contributed by atoms with Gasteiger partial charge in [0.1, 0.15) is 41.5 Å². The maximum atomic E-state index is 17.4. The maximum absolute atomic E-state index is 17.4. The van der Waals surface area contributed by atoms with Crippen LogP contribution < -0.4 is 10.4 Å². The number of halogens is 2. The van der Waals surface area contributed by atoms with Crippen molar-refractivity contribution in [2.75, 3.05) is 0 Å². The number of nitrogens with zero attached hydrogens (tertiary/aromatic N) is 6. The van der Waals surface area contributed by atoms with Gasteiger partial charge in [-0.1, -0.05) is 131 Å². The van der Waals surface area contributed by atoms with Crippen LogP contribution in [-0.4, -0.2) is 35.5 Å². The van der Waals surface area contributed by atoms with Crippen LogP contribution in [0.4, 0.5) is 8.78 Å². The van der Waals surface area contributed by atoms with E-state index in [2.05, 4.69) is 102 Å². The Labute approximate surface area is 498 Å². The number of aryl methyl sites for hydroxylation is 2. The minimum Gasteiger partial charge on any atom is -0.216 e. The van der Waals surface area contributed by atoms with E-state index in [4.69, 9.17) is 27.5 Å². The van der Waals surface area contributed by atoms with Crippen LogP contribution in [0, 0.1) is 23.7 Å². The summed E-state index contributed by atoms with van der Waals surface area (Å²) in [5, 5.41) is 2.82. The van der Waals surface area contributed by atoms with E-state index >= 15 is 8.78 Å². The van der Waals surface area contributed by atoms with Gasteiger partial charge in [-0.3, -0.25) is 0 Å². The second kappa shape index (κ2) is 25.8. The molecule has 0 aromatic carbocycles. The summed E-state index contributed by atoms with van der Waals surface area (Å²) in [5.41, 5.74) is 4.39. The van der Waals surface area contributed by atoms with Crippen LogP contribution in [0.3, 0.4) is 0 Å². The van der Waals surface area contributed by atoms with Crippen molar-refractivity contribution in [3.63, 3.8) is 0 Å². The zero-order chi connectivity index (χ0) is 54.6. The standard InChI is InChI=1S/C62H70F2N6S8Si/c1-7-13-17-19-23-39-25-27-41(71-39)43-29-31-45(73-43)53-57-55(67-77-69-57)51(61(63)65-53)47-33-49-59(75-47)60-50(79(49,35-37(11-5)21-15-9-3)36-38(12-6)22-16-10-4)34-48(76-60)52-56-58(70-78-68-56)54(66-62(52)64)46-32-30-44(74-46)42-28-26-40(72-42)24-20-18-14-8-2/h25-34,37-38H,7-24,35-36H2,1-6H3. The Morgan fingerprint density at radius 2 is 0.810 bits per heavy atom. The van der Waals surface area contributed by atoms with Crippen molar-refractivity contribution in [2.45, 2.75) is 169 Å². The average molecular weight is 1220 g/mol. The van der Waals surface area contributed by atoms with Gasteiger partial charge in [-0.05, 0) is 121 Å². The minimum atomic E-state index is -2.64. The number of fused-ring (bicyclic) bond motifs is 5. The number of hydrogen-bond donors (Lipinski definition) is 0. The smallest absolute Gasteiger partial charge is 0.216 e. The fraction of sp³-hybridized carbons (Fsp3) is 0.452. The largest absolute Gasteiger partial charge is 0.224 e. The van der Waals surface area contributed by atoms with Crippen LogP contribution in [0.25, 0.3) is 93.4 Å². The molecule has 0 spiro atoms. The maximum Gasteiger partial charge on any atom is 0.224 e. The highest BCUT2D eigenvalue weighted by Crippen LogP contribution is 2.52. The third-order valence-corrected chi connectivity index (χ3v) is 30.5. The lowest BCUT2D eigenvalue weighted by atomic mass is 10.0. The van der Waals surface area contributed by atoms with Gasteiger partial charge in [-0.15, -0.1) is 68.0 Å². The average Bonchev–Trinajstić information content (AvgIpc) is 3.45. The lowest BCUT2D eigenvalue weighted by Crippen LogP contribution is -2.56. The molecule has 1 aliphatic rings. The van der Waals surface area contributed by atoms with Gasteiger partial charge < -0.3 is 0 Å². The fourth-order valence-corrected chi connectivity index (χ4v) is 27.8. The molecular weight excluding hydrogens is 1150 g/mol. The topological polar surface area (TPSA) is 77.3 Å². The van der Waals surface area contributed by atoms with Gasteiger partial charge in [0.2, 0.25) is 11.9 Å². The summed E-state index contributed by atoms with van der Waals surface area (Å²) in [5.74, 6) is 0.0383. The summed E-state index contributed by atoms with van der Waals surface area (Å²) in [4.78, 5) is 23.1. The highest BCUT2D eigenvalue weighted by molar-refractivity contribution is 7.32. The molecule has 0 aliphatic carbocycles. The van der Waals surface area contributed by atoms with Gasteiger partial charge >= 0.3 is 0 Å². The van der Waals surface area contributed by atoms with Crippen LogP contribution in [-0.2, 0) is 12.8 Å². The quantitative estimate of drug-likeness (QED) is 0.0276. The third-order valence-electron chi connectivity index (χ3n) is 16.3. The Balaban J connectivity index is 0.992. The summed E-state index contributed by atoms with van der Waals surface area (Å²) < 4.78 is 54.2. The first-order valence-corrected chi connectivity index (χ1v) is 37.8. The van der Waals surface area contributed by atoms with Crippen LogP contribution >= 0.6 is 91.5 Å². The number of pyridine rings is 2. The molecule has 0 fully saturated rings. The van der Waals surface area contributed by atoms with E-state index in [9.17, 15) is 0 Å². The van der Waals surface area contributed by atoms with Crippen molar-refractivity contribution in [1.29, 1.82) is 0 Å². The molecule has 79 heavy (non-hydrogen) atoms. The first-order valence-electron chi connectivity index (χ1n) is 29.0. The Kier molecular flexibility index (Phi) is 18.6. The lowest BCUT2D eigenvalue weighted by Gasteiger charge is -2.35. The molecule has 2 unspecified atom stereocenters. The van der Waals surface area contributed by atoms with E-state index in [1.165, 1.54) is 117 Å². The van der Waals surface area contributed by atoms with Crippen molar-refractivity contribution in [1.82, 2.24) is 27.5 Å². The first-order chi connectivity index (χ1) is 38.7. The normalized spacial score (nSPS) is 13.8. The molecule has 10 aromatic rings. The molecule has 0 N–H and O–H groups in total. The van der Waals surface area contributed by atoms with Crippen molar-refractivity contribution >= 4 is 132 Å². The van der Waals surface area contributed by atoms with Crippen LogP contribution in [0.1, 0.15) is 154 Å². The molecule has 0 amide bonds. The molecule has 10 aromatic heterocycles. The summed E-state index contributed by atoms with van der Waals surface area (Å²) in [7, 11) is -2.64. The molecule has 2 atom stereocenters. The summed E-state index contributed by atoms with van der Waals surface area (Å²) in [6.07, 6.45) is 21.4. The van der Waals surface area contributed by atoms with Gasteiger partial charge in [0.05, 0.1) is 44.3 Å².